The highest BCUT2D eigenvalue weighted by Gasteiger charge is 2.28. The zero-order valence-electron chi connectivity index (χ0n) is 17.6. The average molecular weight is 394 g/mol. The van der Waals surface area contributed by atoms with Gasteiger partial charge in [0.2, 0.25) is 5.91 Å². The van der Waals surface area contributed by atoms with Crippen LogP contribution in [0.2, 0.25) is 0 Å². The molecule has 154 valence electrons. The van der Waals surface area contributed by atoms with E-state index in [1.807, 2.05) is 19.1 Å². The Labute approximate surface area is 173 Å². The number of rotatable bonds is 5. The number of likely N-dealkylation sites (tertiary alicyclic amines) is 1. The maximum absolute atomic E-state index is 12.2. The van der Waals surface area contributed by atoms with Gasteiger partial charge in [-0.2, -0.15) is 0 Å². The van der Waals surface area contributed by atoms with Gasteiger partial charge in [-0.15, -0.1) is 0 Å². The molecule has 0 aliphatic carbocycles. The summed E-state index contributed by atoms with van der Waals surface area (Å²) < 4.78 is 0. The standard InChI is InChI=1S/C23H31N5O/c1-17-16-28(15-13-20(17)19-9-5-4-6-10-19)23(24-3)25-14-12-22(29)27-21-11-7-8-18(2)26-21/h4-11,17,20H,12-16H2,1-3H3,(H,24,25)(H,26,27,29). The first-order chi connectivity index (χ1) is 14.1. The molecule has 2 atom stereocenters. The molecule has 1 aliphatic rings. The number of aryl methyl sites for hydroxylation is 1. The van der Waals surface area contributed by atoms with E-state index in [4.69, 9.17) is 0 Å². The fraction of sp³-hybridized carbons (Fsp3) is 0.435. The summed E-state index contributed by atoms with van der Waals surface area (Å²) in [5, 5.41) is 6.18. The van der Waals surface area contributed by atoms with Crippen LogP contribution in [0.1, 0.15) is 36.9 Å². The Hall–Kier alpha value is -2.89. The van der Waals surface area contributed by atoms with Crippen LogP contribution in [0.4, 0.5) is 5.82 Å². The van der Waals surface area contributed by atoms with Crippen LogP contribution in [0.25, 0.3) is 0 Å². The zero-order chi connectivity index (χ0) is 20.6. The van der Waals surface area contributed by atoms with Crippen molar-refractivity contribution in [2.45, 2.75) is 32.6 Å². The molecule has 1 fully saturated rings. The number of nitrogens with zero attached hydrogens (tertiary/aromatic N) is 3. The molecule has 29 heavy (non-hydrogen) atoms. The van der Waals surface area contributed by atoms with Gasteiger partial charge in [0.05, 0.1) is 0 Å². The van der Waals surface area contributed by atoms with Gasteiger partial charge in [0.15, 0.2) is 5.96 Å². The molecular formula is C23H31N5O. The normalized spacial score (nSPS) is 19.7. The lowest BCUT2D eigenvalue weighted by Crippen LogP contribution is -2.48. The third-order valence-corrected chi connectivity index (χ3v) is 5.44. The van der Waals surface area contributed by atoms with Crippen LogP contribution in [0, 0.1) is 12.8 Å². The van der Waals surface area contributed by atoms with E-state index in [-0.39, 0.29) is 5.91 Å². The van der Waals surface area contributed by atoms with Gasteiger partial charge in [0, 0.05) is 38.8 Å². The predicted molar refractivity (Wildman–Crippen MR) is 118 cm³/mol. The number of benzene rings is 1. The second-order valence-electron chi connectivity index (χ2n) is 7.67. The van der Waals surface area contributed by atoms with E-state index in [1.165, 1.54) is 5.56 Å². The summed E-state index contributed by atoms with van der Waals surface area (Å²) in [5.74, 6) is 2.53. The lowest BCUT2D eigenvalue weighted by molar-refractivity contribution is -0.116. The second kappa shape index (κ2) is 10.0. The predicted octanol–water partition coefficient (Wildman–Crippen LogP) is 3.42. The van der Waals surface area contributed by atoms with Crippen molar-refractivity contribution < 1.29 is 4.79 Å². The highest BCUT2D eigenvalue weighted by Crippen LogP contribution is 2.32. The number of aromatic nitrogens is 1. The molecule has 1 aliphatic heterocycles. The third kappa shape index (κ3) is 5.79. The molecule has 1 saturated heterocycles. The van der Waals surface area contributed by atoms with Crippen molar-refractivity contribution in [2.75, 3.05) is 32.0 Å². The molecule has 0 radical (unpaired) electrons. The number of nitrogens with one attached hydrogen (secondary N) is 2. The molecule has 1 amide bonds. The number of carbonyl (C=O) groups is 1. The monoisotopic (exact) mass is 393 g/mol. The van der Waals surface area contributed by atoms with Crippen molar-refractivity contribution in [3.63, 3.8) is 0 Å². The van der Waals surface area contributed by atoms with Gasteiger partial charge in [-0.05, 0) is 42.9 Å². The van der Waals surface area contributed by atoms with Crippen molar-refractivity contribution in [2.24, 2.45) is 10.9 Å². The Morgan fingerprint density at radius 1 is 1.21 bits per heavy atom. The van der Waals surface area contributed by atoms with E-state index >= 15 is 0 Å². The van der Waals surface area contributed by atoms with Gasteiger partial charge in [0.1, 0.15) is 5.82 Å². The van der Waals surface area contributed by atoms with Crippen LogP contribution in [0.3, 0.4) is 0 Å². The molecule has 2 N–H and O–H groups in total. The van der Waals surface area contributed by atoms with Crippen molar-refractivity contribution in [3.05, 3.63) is 59.8 Å². The third-order valence-electron chi connectivity index (χ3n) is 5.44. The Morgan fingerprint density at radius 3 is 2.69 bits per heavy atom. The first-order valence-electron chi connectivity index (χ1n) is 10.3. The number of pyridine rings is 1. The van der Waals surface area contributed by atoms with Gasteiger partial charge in [-0.1, -0.05) is 43.3 Å². The number of hydrogen-bond donors (Lipinski definition) is 2. The van der Waals surface area contributed by atoms with E-state index in [1.54, 1.807) is 13.1 Å². The van der Waals surface area contributed by atoms with E-state index in [9.17, 15) is 4.79 Å². The van der Waals surface area contributed by atoms with Gasteiger partial charge in [-0.3, -0.25) is 9.79 Å². The maximum atomic E-state index is 12.2. The second-order valence-corrected chi connectivity index (χ2v) is 7.67. The molecule has 3 rings (SSSR count). The van der Waals surface area contributed by atoms with Crippen molar-refractivity contribution in [3.8, 4) is 0 Å². The van der Waals surface area contributed by atoms with E-state index in [0.717, 1.165) is 31.2 Å². The van der Waals surface area contributed by atoms with E-state index < -0.39 is 0 Å². The topological polar surface area (TPSA) is 69.6 Å². The molecule has 1 aromatic carbocycles. The highest BCUT2D eigenvalue weighted by molar-refractivity contribution is 5.90. The Bertz CT molecular complexity index is 836. The van der Waals surface area contributed by atoms with Gasteiger partial charge < -0.3 is 15.5 Å². The van der Waals surface area contributed by atoms with E-state index in [2.05, 4.69) is 62.8 Å². The molecule has 0 saturated carbocycles. The molecule has 2 aromatic rings. The number of hydrogen-bond acceptors (Lipinski definition) is 3. The number of guanidine groups is 1. The Balaban J connectivity index is 1.46. The fourth-order valence-electron chi connectivity index (χ4n) is 3.97. The lowest BCUT2D eigenvalue weighted by atomic mass is 9.82. The highest BCUT2D eigenvalue weighted by atomic mass is 16.1. The first-order valence-corrected chi connectivity index (χ1v) is 10.3. The Morgan fingerprint density at radius 2 is 2.00 bits per heavy atom. The molecule has 0 spiro atoms. The van der Waals surface area contributed by atoms with Crippen LogP contribution in [-0.2, 0) is 4.79 Å². The van der Waals surface area contributed by atoms with Crippen LogP contribution >= 0.6 is 0 Å². The Kier molecular flexibility index (Phi) is 7.22. The van der Waals surface area contributed by atoms with Crippen LogP contribution < -0.4 is 10.6 Å². The zero-order valence-corrected chi connectivity index (χ0v) is 17.6. The minimum absolute atomic E-state index is 0.0535. The number of amides is 1. The van der Waals surface area contributed by atoms with Crippen LogP contribution in [0.5, 0.6) is 0 Å². The molecule has 2 heterocycles. The minimum atomic E-state index is -0.0535. The maximum Gasteiger partial charge on any atom is 0.227 e. The van der Waals surface area contributed by atoms with Gasteiger partial charge >= 0.3 is 0 Å². The summed E-state index contributed by atoms with van der Waals surface area (Å²) in [4.78, 5) is 23.2. The molecule has 2 unspecified atom stereocenters. The van der Waals surface area contributed by atoms with Crippen molar-refractivity contribution in [1.82, 2.24) is 15.2 Å². The molecule has 6 heteroatoms. The number of carbonyl (C=O) groups excluding carboxylic acids is 1. The SMILES string of the molecule is CN=C(NCCC(=O)Nc1cccc(C)n1)N1CCC(c2ccccc2)C(C)C1. The molecular weight excluding hydrogens is 362 g/mol. The minimum Gasteiger partial charge on any atom is -0.356 e. The van der Waals surface area contributed by atoms with Gasteiger partial charge in [-0.25, -0.2) is 4.98 Å². The summed E-state index contributed by atoms with van der Waals surface area (Å²) in [6, 6.07) is 16.4. The molecule has 0 bridgehead atoms. The summed E-state index contributed by atoms with van der Waals surface area (Å²) in [5.41, 5.74) is 2.30. The van der Waals surface area contributed by atoms with E-state index in [0.29, 0.717) is 30.6 Å². The largest absolute Gasteiger partial charge is 0.356 e. The summed E-state index contributed by atoms with van der Waals surface area (Å²) in [6.45, 7) is 6.67. The molecule has 6 nitrogen and oxygen atoms in total. The van der Waals surface area contributed by atoms with Crippen LogP contribution in [0.15, 0.2) is 53.5 Å². The van der Waals surface area contributed by atoms with Gasteiger partial charge in [0.25, 0.3) is 0 Å². The average Bonchev–Trinajstić information content (AvgIpc) is 2.72. The number of piperidine rings is 1. The summed E-state index contributed by atoms with van der Waals surface area (Å²) >= 11 is 0. The van der Waals surface area contributed by atoms with Crippen LogP contribution in [-0.4, -0.2) is 48.4 Å². The number of aliphatic imine (C=N–C) groups is 1. The summed E-state index contributed by atoms with van der Waals surface area (Å²) in [7, 11) is 1.80. The summed E-state index contributed by atoms with van der Waals surface area (Å²) in [6.07, 6.45) is 1.47. The lowest BCUT2D eigenvalue weighted by Gasteiger charge is -2.38. The molecule has 1 aromatic heterocycles. The fourth-order valence-corrected chi connectivity index (χ4v) is 3.97. The first kappa shape index (κ1) is 20.8. The number of anilines is 1. The smallest absolute Gasteiger partial charge is 0.227 e. The van der Waals surface area contributed by atoms with Crippen molar-refractivity contribution >= 4 is 17.7 Å². The van der Waals surface area contributed by atoms with Crippen molar-refractivity contribution in [1.29, 1.82) is 0 Å². The quantitative estimate of drug-likeness (QED) is 0.603.